The molecule has 1 nitrogen and oxygen atoms in total. The lowest BCUT2D eigenvalue weighted by atomic mass is 9.85. The van der Waals surface area contributed by atoms with Crippen molar-refractivity contribution < 1.29 is 0 Å². The van der Waals surface area contributed by atoms with E-state index in [2.05, 4.69) is 33.0 Å². The van der Waals surface area contributed by atoms with Gasteiger partial charge in [-0.3, -0.25) is 0 Å². The molecule has 0 aliphatic carbocycles. The van der Waals surface area contributed by atoms with Crippen LogP contribution in [0, 0.1) is 17.8 Å². The van der Waals surface area contributed by atoms with E-state index < -0.39 is 0 Å². The lowest BCUT2D eigenvalue weighted by Crippen LogP contribution is -2.24. The Morgan fingerprint density at radius 3 is 2.08 bits per heavy atom. The summed E-state index contributed by atoms with van der Waals surface area (Å²) in [7, 11) is 2.05. The minimum Gasteiger partial charge on any atom is -0.319 e. The fraction of sp³-hybridized carbons (Fsp3) is 1.00. The van der Waals surface area contributed by atoms with Crippen molar-refractivity contribution in [2.75, 3.05) is 13.6 Å². The van der Waals surface area contributed by atoms with Crippen LogP contribution in [0.25, 0.3) is 0 Å². The standard InChI is InChI=1S/C11H25N/c1-6-11(8-12-5)10(4)7-9(2)3/h9-12H,6-8H2,1-5H3. The largest absolute Gasteiger partial charge is 0.319 e. The molecule has 0 radical (unpaired) electrons. The van der Waals surface area contributed by atoms with Gasteiger partial charge in [-0.1, -0.05) is 34.1 Å². The van der Waals surface area contributed by atoms with Crippen LogP contribution in [0.5, 0.6) is 0 Å². The summed E-state index contributed by atoms with van der Waals surface area (Å²) in [6.45, 7) is 10.5. The van der Waals surface area contributed by atoms with E-state index in [1.165, 1.54) is 19.4 Å². The number of nitrogens with one attached hydrogen (secondary N) is 1. The first kappa shape index (κ1) is 12.0. The molecule has 1 heteroatoms. The summed E-state index contributed by atoms with van der Waals surface area (Å²) in [4.78, 5) is 0. The monoisotopic (exact) mass is 171 g/mol. The van der Waals surface area contributed by atoms with Crippen LogP contribution in [0.4, 0.5) is 0 Å². The lowest BCUT2D eigenvalue weighted by molar-refractivity contribution is 0.290. The first-order valence-electron chi connectivity index (χ1n) is 5.26. The minimum absolute atomic E-state index is 0.839. The van der Waals surface area contributed by atoms with Crippen LogP contribution in [0.3, 0.4) is 0 Å². The zero-order valence-electron chi connectivity index (χ0n) is 9.35. The first-order valence-corrected chi connectivity index (χ1v) is 5.26. The van der Waals surface area contributed by atoms with Crippen LogP contribution in [0.15, 0.2) is 0 Å². The second-order valence-electron chi connectivity index (χ2n) is 4.33. The Kier molecular flexibility index (Phi) is 6.45. The molecule has 0 fully saturated rings. The van der Waals surface area contributed by atoms with E-state index in [-0.39, 0.29) is 0 Å². The summed E-state index contributed by atoms with van der Waals surface area (Å²) in [6.07, 6.45) is 2.66. The van der Waals surface area contributed by atoms with E-state index in [9.17, 15) is 0 Å². The molecule has 0 heterocycles. The Morgan fingerprint density at radius 1 is 1.17 bits per heavy atom. The van der Waals surface area contributed by atoms with Gasteiger partial charge < -0.3 is 5.32 Å². The minimum atomic E-state index is 0.839. The van der Waals surface area contributed by atoms with Gasteiger partial charge in [-0.2, -0.15) is 0 Å². The zero-order chi connectivity index (χ0) is 9.56. The quantitative estimate of drug-likeness (QED) is 0.648. The molecule has 2 unspecified atom stereocenters. The van der Waals surface area contributed by atoms with Crippen molar-refractivity contribution in [3.05, 3.63) is 0 Å². The molecule has 74 valence electrons. The van der Waals surface area contributed by atoms with Crippen molar-refractivity contribution in [3.8, 4) is 0 Å². The average molecular weight is 171 g/mol. The maximum atomic E-state index is 3.27. The van der Waals surface area contributed by atoms with Crippen LogP contribution < -0.4 is 5.32 Å². The summed E-state index contributed by atoms with van der Waals surface area (Å²) in [6, 6.07) is 0. The van der Waals surface area contributed by atoms with Gasteiger partial charge in [-0.05, 0) is 37.8 Å². The highest BCUT2D eigenvalue weighted by atomic mass is 14.8. The summed E-state index contributed by atoms with van der Waals surface area (Å²) in [5.41, 5.74) is 0. The Balaban J connectivity index is 3.76. The van der Waals surface area contributed by atoms with Gasteiger partial charge in [0, 0.05) is 0 Å². The summed E-state index contributed by atoms with van der Waals surface area (Å²) in [5.74, 6) is 2.56. The molecule has 0 amide bonds. The van der Waals surface area contributed by atoms with Crippen molar-refractivity contribution in [3.63, 3.8) is 0 Å². The molecular formula is C11H25N. The Bertz CT molecular complexity index is 99.2. The van der Waals surface area contributed by atoms with Gasteiger partial charge in [0.05, 0.1) is 0 Å². The Morgan fingerprint density at radius 2 is 1.75 bits per heavy atom. The molecule has 1 N–H and O–H groups in total. The zero-order valence-corrected chi connectivity index (χ0v) is 9.35. The molecule has 0 bridgehead atoms. The van der Waals surface area contributed by atoms with Gasteiger partial charge in [0.1, 0.15) is 0 Å². The van der Waals surface area contributed by atoms with E-state index in [1.54, 1.807) is 0 Å². The molecule has 0 aromatic carbocycles. The molecule has 0 saturated heterocycles. The maximum Gasteiger partial charge on any atom is -0.00211 e. The van der Waals surface area contributed by atoms with E-state index >= 15 is 0 Å². The number of rotatable bonds is 6. The van der Waals surface area contributed by atoms with Crippen LogP contribution in [-0.2, 0) is 0 Å². The molecule has 0 saturated carbocycles. The van der Waals surface area contributed by atoms with E-state index in [0.29, 0.717) is 0 Å². The van der Waals surface area contributed by atoms with Crippen molar-refractivity contribution in [2.45, 2.75) is 40.5 Å². The third kappa shape index (κ3) is 4.76. The predicted molar refractivity (Wildman–Crippen MR) is 56.3 cm³/mol. The molecule has 2 atom stereocenters. The first-order chi connectivity index (χ1) is 5.61. The lowest BCUT2D eigenvalue weighted by Gasteiger charge is -2.23. The van der Waals surface area contributed by atoms with E-state index in [1.807, 2.05) is 7.05 Å². The summed E-state index contributed by atoms with van der Waals surface area (Å²) < 4.78 is 0. The van der Waals surface area contributed by atoms with Crippen molar-refractivity contribution in [2.24, 2.45) is 17.8 Å². The fourth-order valence-electron chi connectivity index (χ4n) is 1.95. The normalized spacial score (nSPS) is 16.5. The highest BCUT2D eigenvalue weighted by Gasteiger charge is 2.15. The van der Waals surface area contributed by atoms with Crippen LogP contribution in [0.2, 0.25) is 0 Å². The highest BCUT2D eigenvalue weighted by molar-refractivity contribution is 4.68. The second-order valence-corrected chi connectivity index (χ2v) is 4.33. The fourth-order valence-corrected chi connectivity index (χ4v) is 1.95. The summed E-state index contributed by atoms with van der Waals surface area (Å²) >= 11 is 0. The van der Waals surface area contributed by atoms with Crippen molar-refractivity contribution in [1.29, 1.82) is 0 Å². The average Bonchev–Trinajstić information content (AvgIpc) is 1.98. The van der Waals surface area contributed by atoms with Crippen molar-refractivity contribution >= 4 is 0 Å². The second kappa shape index (κ2) is 6.47. The van der Waals surface area contributed by atoms with Gasteiger partial charge in [-0.15, -0.1) is 0 Å². The van der Waals surface area contributed by atoms with Gasteiger partial charge in [-0.25, -0.2) is 0 Å². The van der Waals surface area contributed by atoms with Gasteiger partial charge in [0.2, 0.25) is 0 Å². The molecule has 0 rings (SSSR count). The SMILES string of the molecule is CCC(CNC)C(C)CC(C)C. The number of hydrogen-bond acceptors (Lipinski definition) is 1. The van der Waals surface area contributed by atoms with Gasteiger partial charge >= 0.3 is 0 Å². The molecule has 0 aromatic rings. The summed E-state index contributed by atoms with van der Waals surface area (Å²) in [5, 5.41) is 3.27. The van der Waals surface area contributed by atoms with E-state index in [4.69, 9.17) is 0 Å². The third-order valence-electron chi connectivity index (χ3n) is 2.64. The maximum absolute atomic E-state index is 3.27. The highest BCUT2D eigenvalue weighted by Crippen LogP contribution is 2.21. The molecule has 0 aliphatic heterocycles. The molecular weight excluding hydrogens is 146 g/mol. The van der Waals surface area contributed by atoms with Crippen LogP contribution in [-0.4, -0.2) is 13.6 Å². The van der Waals surface area contributed by atoms with Gasteiger partial charge in [0.25, 0.3) is 0 Å². The molecule has 12 heavy (non-hydrogen) atoms. The Hall–Kier alpha value is -0.0400. The predicted octanol–water partition coefficient (Wildman–Crippen LogP) is 2.91. The van der Waals surface area contributed by atoms with Crippen LogP contribution >= 0.6 is 0 Å². The Labute approximate surface area is 77.9 Å². The van der Waals surface area contributed by atoms with E-state index in [0.717, 1.165) is 17.8 Å². The number of hydrogen-bond donors (Lipinski definition) is 1. The molecule has 0 spiro atoms. The smallest absolute Gasteiger partial charge is 0.00211 e. The molecule has 0 aliphatic rings. The van der Waals surface area contributed by atoms with Crippen molar-refractivity contribution in [1.82, 2.24) is 5.32 Å². The third-order valence-corrected chi connectivity index (χ3v) is 2.64. The van der Waals surface area contributed by atoms with Crippen LogP contribution in [0.1, 0.15) is 40.5 Å². The van der Waals surface area contributed by atoms with Gasteiger partial charge in [0.15, 0.2) is 0 Å². The molecule has 0 aromatic heterocycles. The topological polar surface area (TPSA) is 12.0 Å².